The Kier molecular flexibility index (Phi) is 6.55. The molecule has 0 unspecified atom stereocenters. The number of methoxy groups -OCH3 is 1. The number of carbonyl (C=O) groups is 2. The molecule has 0 spiro atoms. The topological polar surface area (TPSA) is 99.5 Å². The van der Waals surface area contributed by atoms with E-state index in [9.17, 15) is 14.4 Å². The largest absolute Gasteiger partial charge is 0.497 e. The fourth-order valence-electron chi connectivity index (χ4n) is 3.80. The van der Waals surface area contributed by atoms with Crippen LogP contribution in [0.25, 0.3) is 10.2 Å². The molecule has 1 N–H and O–H groups in total. The molecule has 32 heavy (non-hydrogen) atoms. The number of carbonyl (C=O) groups excluding carboxylic acids is 2. The van der Waals surface area contributed by atoms with Gasteiger partial charge < -0.3 is 14.8 Å². The van der Waals surface area contributed by atoms with Crippen molar-refractivity contribution in [2.24, 2.45) is 0 Å². The number of esters is 1. The quantitative estimate of drug-likeness (QED) is 0.574. The number of rotatable bonds is 6. The third-order valence-electron chi connectivity index (χ3n) is 5.58. The van der Waals surface area contributed by atoms with Crippen LogP contribution in [0.2, 0.25) is 0 Å². The van der Waals surface area contributed by atoms with Crippen LogP contribution in [0.4, 0.5) is 0 Å². The summed E-state index contributed by atoms with van der Waals surface area (Å²) in [5.41, 5.74) is 1.36. The number of ether oxygens (including phenoxy) is 2. The minimum absolute atomic E-state index is 0.100. The molecule has 0 saturated carbocycles. The number of hydrogen-bond acceptors (Lipinski definition) is 7. The smallest absolute Gasteiger partial charge is 0.349 e. The first-order valence-electron chi connectivity index (χ1n) is 10.6. The fraction of sp³-hybridized carbons (Fsp3) is 0.391. The van der Waals surface area contributed by atoms with Gasteiger partial charge in [-0.15, -0.1) is 11.3 Å². The Labute approximate surface area is 189 Å². The molecule has 1 amide bonds. The Morgan fingerprint density at radius 2 is 1.97 bits per heavy atom. The van der Waals surface area contributed by atoms with Crippen molar-refractivity contribution in [1.29, 1.82) is 0 Å². The van der Waals surface area contributed by atoms with E-state index < -0.39 is 18.5 Å². The van der Waals surface area contributed by atoms with Gasteiger partial charge in [-0.3, -0.25) is 14.2 Å². The molecule has 4 rings (SSSR count). The average Bonchev–Trinajstić information content (AvgIpc) is 2.97. The molecule has 3 aromatic rings. The highest BCUT2D eigenvalue weighted by Crippen LogP contribution is 2.29. The number of aromatic nitrogens is 2. The van der Waals surface area contributed by atoms with Gasteiger partial charge in [-0.1, -0.05) is 18.6 Å². The van der Waals surface area contributed by atoms with Crippen molar-refractivity contribution in [3.05, 3.63) is 56.4 Å². The van der Waals surface area contributed by atoms with Crippen LogP contribution < -0.4 is 15.6 Å². The molecular formula is C23H25N3O5S. The summed E-state index contributed by atoms with van der Waals surface area (Å²) in [5, 5.41) is 3.19. The summed E-state index contributed by atoms with van der Waals surface area (Å²) in [4.78, 5) is 43.3. The number of hydrogen-bond donors (Lipinski definition) is 1. The molecule has 0 fully saturated rings. The van der Waals surface area contributed by atoms with Gasteiger partial charge in [0, 0.05) is 19.5 Å². The Morgan fingerprint density at radius 3 is 2.72 bits per heavy atom. The number of nitrogens with one attached hydrogen (secondary N) is 1. The zero-order valence-electron chi connectivity index (χ0n) is 18.1. The van der Waals surface area contributed by atoms with E-state index in [0.717, 1.165) is 54.2 Å². The van der Waals surface area contributed by atoms with E-state index in [4.69, 9.17) is 9.47 Å². The molecule has 0 aliphatic carbocycles. The summed E-state index contributed by atoms with van der Waals surface area (Å²) in [7, 11) is 1.59. The molecule has 1 aromatic carbocycles. The maximum atomic E-state index is 13.0. The number of aryl methyl sites for hydroxylation is 2. The van der Waals surface area contributed by atoms with Crippen molar-refractivity contribution < 1.29 is 19.1 Å². The molecule has 8 nitrogen and oxygen atoms in total. The molecular weight excluding hydrogens is 430 g/mol. The summed E-state index contributed by atoms with van der Waals surface area (Å²) in [6.07, 6.45) is 3.79. The van der Waals surface area contributed by atoms with Gasteiger partial charge in [0.15, 0.2) is 6.61 Å². The first kappa shape index (κ1) is 22.0. The van der Waals surface area contributed by atoms with Crippen LogP contribution in [0.5, 0.6) is 5.75 Å². The SMILES string of the molecule is COc1ccc(CNC(=O)COC(=O)c2sc3nc4n(c(=O)c3c2C)CCCCC4)cc1. The van der Waals surface area contributed by atoms with Crippen molar-refractivity contribution in [3.63, 3.8) is 0 Å². The lowest BCUT2D eigenvalue weighted by Gasteiger charge is -2.08. The summed E-state index contributed by atoms with van der Waals surface area (Å²) in [6, 6.07) is 7.31. The maximum Gasteiger partial charge on any atom is 0.349 e. The lowest BCUT2D eigenvalue weighted by Crippen LogP contribution is -2.28. The number of fused-ring (bicyclic) bond motifs is 2. The highest BCUT2D eigenvalue weighted by molar-refractivity contribution is 7.20. The Bertz CT molecular complexity index is 1210. The predicted molar refractivity (Wildman–Crippen MR) is 121 cm³/mol. The van der Waals surface area contributed by atoms with Crippen molar-refractivity contribution in [2.75, 3.05) is 13.7 Å². The van der Waals surface area contributed by atoms with Crippen LogP contribution in [0, 0.1) is 6.92 Å². The van der Waals surface area contributed by atoms with E-state index in [0.29, 0.717) is 33.7 Å². The second kappa shape index (κ2) is 9.52. The minimum Gasteiger partial charge on any atom is -0.497 e. The first-order valence-corrected chi connectivity index (χ1v) is 11.4. The van der Waals surface area contributed by atoms with Gasteiger partial charge in [0.05, 0.1) is 12.5 Å². The number of thiophene rings is 1. The molecule has 0 atom stereocenters. The van der Waals surface area contributed by atoms with Crippen molar-refractivity contribution in [3.8, 4) is 5.75 Å². The van der Waals surface area contributed by atoms with Crippen LogP contribution in [-0.4, -0.2) is 35.1 Å². The van der Waals surface area contributed by atoms with Gasteiger partial charge in [0.25, 0.3) is 11.5 Å². The molecule has 1 aliphatic heterocycles. The molecule has 0 saturated heterocycles. The van der Waals surface area contributed by atoms with Crippen LogP contribution in [0.1, 0.15) is 45.9 Å². The number of nitrogens with zero attached hydrogens (tertiary/aromatic N) is 2. The normalized spacial score (nSPS) is 13.3. The minimum atomic E-state index is -0.621. The van der Waals surface area contributed by atoms with E-state index in [1.807, 2.05) is 24.3 Å². The van der Waals surface area contributed by atoms with Crippen molar-refractivity contribution in [1.82, 2.24) is 14.9 Å². The second-order valence-corrected chi connectivity index (χ2v) is 8.73. The lowest BCUT2D eigenvalue weighted by atomic mass is 10.2. The van der Waals surface area contributed by atoms with Crippen LogP contribution in [0.3, 0.4) is 0 Å². The Balaban J connectivity index is 1.42. The molecule has 1 aliphatic rings. The van der Waals surface area contributed by atoms with Crippen LogP contribution in [-0.2, 0) is 29.0 Å². The Morgan fingerprint density at radius 1 is 1.19 bits per heavy atom. The molecule has 0 bridgehead atoms. The van der Waals surface area contributed by atoms with E-state index in [-0.39, 0.29) is 5.56 Å². The average molecular weight is 456 g/mol. The predicted octanol–water partition coefficient (Wildman–Crippen LogP) is 2.97. The zero-order chi connectivity index (χ0) is 22.7. The summed E-state index contributed by atoms with van der Waals surface area (Å²) < 4.78 is 12.1. The highest BCUT2D eigenvalue weighted by Gasteiger charge is 2.23. The third kappa shape index (κ3) is 4.52. The van der Waals surface area contributed by atoms with Gasteiger partial charge in [-0.25, -0.2) is 9.78 Å². The summed E-state index contributed by atoms with van der Waals surface area (Å²) >= 11 is 1.15. The van der Waals surface area contributed by atoms with Crippen LogP contribution >= 0.6 is 11.3 Å². The molecule has 2 aromatic heterocycles. The van der Waals surface area contributed by atoms with Gasteiger partial charge in [0.2, 0.25) is 0 Å². The van der Waals surface area contributed by atoms with Gasteiger partial charge >= 0.3 is 5.97 Å². The molecule has 9 heteroatoms. The summed E-state index contributed by atoms with van der Waals surface area (Å²) in [5.74, 6) is 0.486. The first-order chi connectivity index (χ1) is 15.5. The van der Waals surface area contributed by atoms with Gasteiger partial charge in [-0.2, -0.15) is 0 Å². The van der Waals surface area contributed by atoms with Gasteiger partial charge in [0.1, 0.15) is 21.3 Å². The van der Waals surface area contributed by atoms with E-state index in [2.05, 4.69) is 10.3 Å². The monoisotopic (exact) mass is 455 g/mol. The van der Waals surface area contributed by atoms with E-state index in [1.165, 1.54) is 0 Å². The second-order valence-electron chi connectivity index (χ2n) is 7.73. The standard InChI is InChI=1S/C23H25N3O5S/c1-14-19-21(25-17-6-4-3-5-11-26(17)22(19)28)32-20(14)23(29)31-13-18(27)24-12-15-7-9-16(30-2)10-8-15/h7-10H,3-6,11-13H2,1-2H3,(H,24,27). The Hall–Kier alpha value is -3.20. The zero-order valence-corrected chi connectivity index (χ0v) is 18.9. The molecule has 168 valence electrons. The molecule has 0 radical (unpaired) electrons. The fourth-order valence-corrected chi connectivity index (χ4v) is 4.88. The highest BCUT2D eigenvalue weighted by atomic mass is 32.1. The van der Waals surface area contributed by atoms with E-state index >= 15 is 0 Å². The summed E-state index contributed by atoms with van der Waals surface area (Å²) in [6.45, 7) is 2.30. The number of amides is 1. The number of benzene rings is 1. The van der Waals surface area contributed by atoms with Crippen molar-refractivity contribution >= 4 is 33.4 Å². The van der Waals surface area contributed by atoms with E-state index in [1.54, 1.807) is 18.6 Å². The third-order valence-corrected chi connectivity index (χ3v) is 6.75. The van der Waals surface area contributed by atoms with Gasteiger partial charge in [-0.05, 0) is 43.0 Å². The molecule has 3 heterocycles. The van der Waals surface area contributed by atoms with Crippen LogP contribution in [0.15, 0.2) is 29.1 Å². The van der Waals surface area contributed by atoms with Crippen molar-refractivity contribution in [2.45, 2.75) is 45.7 Å². The maximum absolute atomic E-state index is 13.0. The lowest BCUT2D eigenvalue weighted by molar-refractivity contribution is -0.124.